The summed E-state index contributed by atoms with van der Waals surface area (Å²) in [6.45, 7) is 7.36. The average Bonchev–Trinajstić information content (AvgIpc) is 3.13. The molecule has 2 aromatic rings. The predicted octanol–water partition coefficient (Wildman–Crippen LogP) is 3.70. The zero-order valence-electron chi connectivity index (χ0n) is 16.1. The molecule has 0 saturated carbocycles. The van der Waals surface area contributed by atoms with Crippen molar-refractivity contribution in [3.63, 3.8) is 0 Å². The van der Waals surface area contributed by atoms with E-state index in [1.165, 1.54) is 42.0 Å². The number of fused-ring (bicyclic) bond motifs is 3. The first-order chi connectivity index (χ1) is 13.2. The highest BCUT2D eigenvalue weighted by Gasteiger charge is 2.30. The molecule has 1 amide bonds. The molecule has 1 aromatic heterocycles. The Labute approximate surface area is 166 Å². The highest BCUT2D eigenvalue weighted by molar-refractivity contribution is 7.12. The summed E-state index contributed by atoms with van der Waals surface area (Å²) in [7, 11) is 0. The van der Waals surface area contributed by atoms with E-state index in [0.29, 0.717) is 6.04 Å². The molecule has 1 saturated heterocycles. The smallest absolute Gasteiger partial charge is 0.261 e. The third kappa shape index (κ3) is 4.19. The molecule has 27 heavy (non-hydrogen) atoms. The summed E-state index contributed by atoms with van der Waals surface area (Å²) in [6.07, 6.45) is 4.67. The molecule has 2 aliphatic heterocycles. The van der Waals surface area contributed by atoms with Gasteiger partial charge in [-0.05, 0) is 67.8 Å². The van der Waals surface area contributed by atoms with Crippen molar-refractivity contribution in [2.75, 3.05) is 37.6 Å². The van der Waals surface area contributed by atoms with E-state index >= 15 is 0 Å². The van der Waals surface area contributed by atoms with Gasteiger partial charge in [0.15, 0.2) is 0 Å². The number of hydrogen-bond acceptors (Lipinski definition) is 4. The van der Waals surface area contributed by atoms with Gasteiger partial charge in [-0.25, -0.2) is 0 Å². The van der Waals surface area contributed by atoms with Crippen LogP contribution in [0.25, 0.3) is 0 Å². The first kappa shape index (κ1) is 18.5. The lowest BCUT2D eigenvalue weighted by Gasteiger charge is -2.46. The lowest BCUT2D eigenvalue weighted by atomic mass is 9.94. The van der Waals surface area contributed by atoms with Crippen molar-refractivity contribution in [3.05, 3.63) is 51.7 Å². The van der Waals surface area contributed by atoms with E-state index in [4.69, 9.17) is 0 Å². The van der Waals surface area contributed by atoms with Gasteiger partial charge in [-0.2, -0.15) is 0 Å². The minimum atomic E-state index is 0.0805. The van der Waals surface area contributed by atoms with Gasteiger partial charge in [0.05, 0.1) is 4.88 Å². The van der Waals surface area contributed by atoms with Crippen molar-refractivity contribution < 1.29 is 4.79 Å². The van der Waals surface area contributed by atoms with Crippen LogP contribution in [0.1, 0.15) is 40.1 Å². The Morgan fingerprint density at radius 1 is 1.22 bits per heavy atom. The first-order valence-electron chi connectivity index (χ1n) is 10.1. The van der Waals surface area contributed by atoms with E-state index in [1.54, 1.807) is 0 Å². The first-order valence-corrected chi connectivity index (χ1v) is 11.0. The number of para-hydroxylation sites is 1. The molecular formula is C22H29N3OS. The van der Waals surface area contributed by atoms with Crippen LogP contribution < -0.4 is 10.2 Å². The van der Waals surface area contributed by atoms with Crippen molar-refractivity contribution in [1.29, 1.82) is 0 Å². The maximum atomic E-state index is 12.1. The van der Waals surface area contributed by atoms with Gasteiger partial charge in [0.1, 0.15) is 0 Å². The zero-order valence-corrected chi connectivity index (χ0v) is 16.9. The summed E-state index contributed by atoms with van der Waals surface area (Å²) in [4.78, 5) is 18.2. The number of rotatable bonds is 6. The number of piperazine rings is 1. The second kappa shape index (κ2) is 8.44. The van der Waals surface area contributed by atoms with E-state index in [2.05, 4.69) is 39.4 Å². The average molecular weight is 384 g/mol. The molecule has 1 N–H and O–H groups in total. The normalized spacial score (nSPS) is 19.4. The quantitative estimate of drug-likeness (QED) is 0.773. The molecule has 1 unspecified atom stereocenters. The minimum Gasteiger partial charge on any atom is -0.366 e. The second-order valence-corrected chi connectivity index (χ2v) is 8.63. The van der Waals surface area contributed by atoms with Crippen LogP contribution in [-0.2, 0) is 6.42 Å². The summed E-state index contributed by atoms with van der Waals surface area (Å²) >= 11 is 1.52. The highest BCUT2D eigenvalue weighted by atomic mass is 32.1. The van der Waals surface area contributed by atoms with E-state index in [1.807, 2.05) is 18.4 Å². The summed E-state index contributed by atoms with van der Waals surface area (Å²) in [6, 6.07) is 11.6. The number of carbonyl (C=O) groups is 1. The van der Waals surface area contributed by atoms with Crippen molar-refractivity contribution in [2.24, 2.45) is 0 Å². The summed E-state index contributed by atoms with van der Waals surface area (Å²) in [5, 5.41) is 5.04. The number of carbonyl (C=O) groups excluding carboxylic acids is 1. The fourth-order valence-corrected chi connectivity index (χ4v) is 5.20. The topological polar surface area (TPSA) is 35.6 Å². The SMILES string of the molecule is Cc1ccsc1C(=O)NCCCCN1CCN2c3ccccc3CCC2C1. The van der Waals surface area contributed by atoms with Gasteiger partial charge >= 0.3 is 0 Å². The molecule has 4 nitrogen and oxygen atoms in total. The number of amides is 1. The molecule has 1 fully saturated rings. The number of nitrogens with zero attached hydrogens (tertiary/aromatic N) is 2. The molecule has 3 heterocycles. The van der Waals surface area contributed by atoms with Crippen molar-refractivity contribution in [3.8, 4) is 0 Å². The van der Waals surface area contributed by atoms with Gasteiger partial charge in [-0.1, -0.05) is 18.2 Å². The van der Waals surface area contributed by atoms with Gasteiger partial charge in [-0.3, -0.25) is 9.69 Å². The fraction of sp³-hybridized carbons (Fsp3) is 0.500. The van der Waals surface area contributed by atoms with E-state index in [0.717, 1.165) is 49.5 Å². The van der Waals surface area contributed by atoms with Gasteiger partial charge in [0.2, 0.25) is 0 Å². The molecule has 0 bridgehead atoms. The van der Waals surface area contributed by atoms with Crippen molar-refractivity contribution >= 4 is 22.9 Å². The largest absolute Gasteiger partial charge is 0.366 e. The van der Waals surface area contributed by atoms with Crippen LogP contribution in [-0.4, -0.2) is 49.6 Å². The Hall–Kier alpha value is -1.85. The Kier molecular flexibility index (Phi) is 5.79. The lowest BCUT2D eigenvalue weighted by molar-refractivity contribution is 0.0956. The number of anilines is 1. The van der Waals surface area contributed by atoms with Crippen LogP contribution in [0.5, 0.6) is 0 Å². The standard InChI is InChI=1S/C22H29N3OS/c1-17-10-15-27-21(17)22(26)23-11-4-5-12-24-13-14-25-19(16-24)9-8-18-6-2-3-7-20(18)25/h2-3,6-7,10,15,19H,4-5,8-9,11-14,16H2,1H3,(H,23,26). The Morgan fingerprint density at radius 2 is 2.11 bits per heavy atom. The van der Waals surface area contributed by atoms with Crippen LogP contribution in [0.2, 0.25) is 0 Å². The van der Waals surface area contributed by atoms with Crippen LogP contribution in [0, 0.1) is 6.92 Å². The Morgan fingerprint density at radius 3 is 2.96 bits per heavy atom. The minimum absolute atomic E-state index is 0.0805. The maximum absolute atomic E-state index is 12.1. The van der Waals surface area contributed by atoms with Gasteiger partial charge < -0.3 is 10.2 Å². The maximum Gasteiger partial charge on any atom is 0.261 e. The molecular weight excluding hydrogens is 354 g/mol. The number of aryl methyl sites for hydroxylation is 2. The number of hydrogen-bond donors (Lipinski definition) is 1. The summed E-state index contributed by atoms with van der Waals surface area (Å²) < 4.78 is 0. The van der Waals surface area contributed by atoms with Crippen LogP contribution in [0.15, 0.2) is 35.7 Å². The summed E-state index contributed by atoms with van der Waals surface area (Å²) in [5.74, 6) is 0.0805. The molecule has 0 spiro atoms. The number of benzene rings is 1. The van der Waals surface area contributed by atoms with E-state index in [9.17, 15) is 4.79 Å². The number of thiophene rings is 1. The monoisotopic (exact) mass is 383 g/mol. The molecule has 0 aliphatic carbocycles. The molecule has 144 valence electrons. The van der Waals surface area contributed by atoms with Gasteiger partial charge in [0.25, 0.3) is 5.91 Å². The lowest BCUT2D eigenvalue weighted by Crippen LogP contribution is -2.55. The highest BCUT2D eigenvalue weighted by Crippen LogP contribution is 2.32. The van der Waals surface area contributed by atoms with Crippen molar-refractivity contribution in [1.82, 2.24) is 10.2 Å². The van der Waals surface area contributed by atoms with Crippen LogP contribution >= 0.6 is 11.3 Å². The molecule has 0 radical (unpaired) electrons. The molecule has 5 heteroatoms. The molecule has 1 atom stereocenters. The third-order valence-electron chi connectivity index (χ3n) is 5.87. The fourth-order valence-electron chi connectivity index (χ4n) is 4.36. The number of unbranched alkanes of at least 4 members (excludes halogenated alkanes) is 1. The zero-order chi connectivity index (χ0) is 18.6. The van der Waals surface area contributed by atoms with Crippen molar-refractivity contribution in [2.45, 2.75) is 38.6 Å². The van der Waals surface area contributed by atoms with Gasteiger partial charge in [0, 0.05) is 37.9 Å². The third-order valence-corrected chi connectivity index (χ3v) is 6.89. The molecule has 2 aliphatic rings. The van der Waals surface area contributed by atoms with Crippen LogP contribution in [0.4, 0.5) is 5.69 Å². The molecule has 4 rings (SSSR count). The predicted molar refractivity (Wildman–Crippen MR) is 113 cm³/mol. The second-order valence-electron chi connectivity index (χ2n) is 7.71. The number of nitrogens with one attached hydrogen (secondary N) is 1. The van der Waals surface area contributed by atoms with Crippen LogP contribution in [0.3, 0.4) is 0 Å². The Balaban J connectivity index is 1.18. The van der Waals surface area contributed by atoms with E-state index in [-0.39, 0.29) is 5.91 Å². The summed E-state index contributed by atoms with van der Waals surface area (Å²) in [5.41, 5.74) is 4.04. The van der Waals surface area contributed by atoms with Gasteiger partial charge in [-0.15, -0.1) is 11.3 Å². The van der Waals surface area contributed by atoms with E-state index < -0.39 is 0 Å². The molecule has 1 aromatic carbocycles. The Bertz CT molecular complexity index is 787.